The van der Waals surface area contributed by atoms with Crippen LogP contribution in [0, 0.1) is 0 Å². The van der Waals surface area contributed by atoms with Crippen molar-refractivity contribution < 1.29 is 4.74 Å². The number of nitrogens with one attached hydrogen (secondary N) is 1. The zero-order valence-corrected chi connectivity index (χ0v) is 11.5. The molecule has 1 N–H and O–H groups in total. The Labute approximate surface area is 105 Å². The third kappa shape index (κ3) is 5.85. The molecule has 0 saturated heterocycles. The lowest BCUT2D eigenvalue weighted by molar-refractivity contribution is 0.0487. The third-order valence-electron chi connectivity index (χ3n) is 2.51. The minimum Gasteiger partial charge on any atom is -0.372 e. The Bertz CT molecular complexity index is 302. The van der Waals surface area contributed by atoms with E-state index in [1.165, 1.54) is 5.56 Å². The van der Waals surface area contributed by atoms with Crippen LogP contribution in [0.2, 0.25) is 0 Å². The van der Waals surface area contributed by atoms with Crippen LogP contribution in [0.3, 0.4) is 0 Å². The Kier molecular flexibility index (Phi) is 5.66. The number of ether oxygens (including phenoxy) is 1. The minimum absolute atomic E-state index is 0.128. The van der Waals surface area contributed by atoms with Gasteiger partial charge in [-0.25, -0.2) is 0 Å². The number of rotatable bonds is 6. The second-order valence-electron chi connectivity index (χ2n) is 5.40. The van der Waals surface area contributed by atoms with Crippen LogP contribution in [0.15, 0.2) is 30.3 Å². The van der Waals surface area contributed by atoms with Gasteiger partial charge in [-0.05, 0) is 32.8 Å². The Balaban J connectivity index is 2.61. The lowest BCUT2D eigenvalue weighted by Crippen LogP contribution is -2.39. The van der Waals surface area contributed by atoms with Gasteiger partial charge in [0.2, 0.25) is 0 Å². The molecule has 0 fully saturated rings. The van der Waals surface area contributed by atoms with Crippen molar-refractivity contribution in [1.82, 2.24) is 5.32 Å². The fourth-order valence-corrected chi connectivity index (χ4v) is 1.60. The Morgan fingerprint density at radius 1 is 1.18 bits per heavy atom. The molecule has 0 aliphatic heterocycles. The molecule has 0 aliphatic carbocycles. The molecule has 1 aromatic carbocycles. The van der Waals surface area contributed by atoms with Crippen LogP contribution < -0.4 is 5.32 Å². The number of benzene rings is 1. The lowest BCUT2D eigenvalue weighted by atomic mass is 10.1. The van der Waals surface area contributed by atoms with Crippen LogP contribution in [-0.2, 0) is 4.74 Å². The molecule has 1 atom stereocenters. The van der Waals surface area contributed by atoms with Crippen molar-refractivity contribution in [1.29, 1.82) is 0 Å². The molecular weight excluding hydrogens is 210 g/mol. The van der Waals surface area contributed by atoms with Gasteiger partial charge in [0.1, 0.15) is 0 Å². The van der Waals surface area contributed by atoms with Crippen molar-refractivity contribution in [2.24, 2.45) is 0 Å². The Morgan fingerprint density at radius 2 is 1.82 bits per heavy atom. The molecule has 1 unspecified atom stereocenters. The topological polar surface area (TPSA) is 21.3 Å². The quantitative estimate of drug-likeness (QED) is 0.814. The highest BCUT2D eigenvalue weighted by atomic mass is 16.5. The smallest absolute Gasteiger partial charge is 0.0949 e. The average molecular weight is 235 g/mol. The summed E-state index contributed by atoms with van der Waals surface area (Å²) >= 11 is 0. The maximum absolute atomic E-state index is 5.91. The first-order valence-corrected chi connectivity index (χ1v) is 6.44. The van der Waals surface area contributed by atoms with Gasteiger partial charge in [0.15, 0.2) is 0 Å². The molecule has 0 amide bonds. The predicted octanol–water partition coefficient (Wildman–Crippen LogP) is 3.54. The molecule has 1 aromatic rings. The second-order valence-corrected chi connectivity index (χ2v) is 5.40. The van der Waals surface area contributed by atoms with Crippen LogP contribution in [0.4, 0.5) is 0 Å². The minimum atomic E-state index is 0.128. The molecule has 0 bridgehead atoms. The summed E-state index contributed by atoms with van der Waals surface area (Å²) in [7, 11) is 0. The van der Waals surface area contributed by atoms with Gasteiger partial charge in [-0.3, -0.25) is 0 Å². The zero-order chi connectivity index (χ0) is 12.7. The number of hydrogen-bond acceptors (Lipinski definition) is 2. The Hall–Kier alpha value is -0.860. The van der Waals surface area contributed by atoms with Crippen molar-refractivity contribution in [2.45, 2.75) is 45.8 Å². The maximum Gasteiger partial charge on any atom is 0.0949 e. The highest BCUT2D eigenvalue weighted by molar-refractivity contribution is 5.18. The van der Waals surface area contributed by atoms with E-state index in [-0.39, 0.29) is 11.6 Å². The van der Waals surface area contributed by atoms with Crippen LogP contribution in [-0.4, -0.2) is 18.7 Å². The zero-order valence-electron chi connectivity index (χ0n) is 11.5. The van der Waals surface area contributed by atoms with Gasteiger partial charge < -0.3 is 10.1 Å². The SMILES string of the molecule is CCCOC(CNC(C)(C)C)c1ccccc1. The average Bonchev–Trinajstić information content (AvgIpc) is 2.29. The van der Waals surface area contributed by atoms with E-state index in [4.69, 9.17) is 4.74 Å². The van der Waals surface area contributed by atoms with Crippen molar-refractivity contribution >= 4 is 0 Å². The summed E-state index contributed by atoms with van der Waals surface area (Å²) < 4.78 is 5.91. The van der Waals surface area contributed by atoms with E-state index < -0.39 is 0 Å². The van der Waals surface area contributed by atoms with E-state index in [1.807, 2.05) is 6.07 Å². The molecule has 0 aromatic heterocycles. The van der Waals surface area contributed by atoms with Crippen LogP contribution in [0.25, 0.3) is 0 Å². The van der Waals surface area contributed by atoms with E-state index >= 15 is 0 Å². The van der Waals surface area contributed by atoms with Crippen molar-refractivity contribution in [3.05, 3.63) is 35.9 Å². The largest absolute Gasteiger partial charge is 0.372 e. The third-order valence-corrected chi connectivity index (χ3v) is 2.51. The summed E-state index contributed by atoms with van der Waals surface area (Å²) in [5.41, 5.74) is 1.38. The van der Waals surface area contributed by atoms with E-state index in [2.05, 4.69) is 57.3 Å². The highest BCUT2D eigenvalue weighted by Gasteiger charge is 2.15. The van der Waals surface area contributed by atoms with Gasteiger partial charge in [-0.15, -0.1) is 0 Å². The van der Waals surface area contributed by atoms with Gasteiger partial charge >= 0.3 is 0 Å². The lowest BCUT2D eigenvalue weighted by Gasteiger charge is -2.25. The van der Waals surface area contributed by atoms with E-state index in [0.717, 1.165) is 19.6 Å². The molecule has 0 heterocycles. The molecule has 0 saturated carbocycles. The van der Waals surface area contributed by atoms with Gasteiger partial charge in [-0.2, -0.15) is 0 Å². The second kappa shape index (κ2) is 6.77. The van der Waals surface area contributed by atoms with Crippen molar-refractivity contribution in [2.75, 3.05) is 13.2 Å². The van der Waals surface area contributed by atoms with E-state index in [1.54, 1.807) is 0 Å². The van der Waals surface area contributed by atoms with Crippen LogP contribution in [0.5, 0.6) is 0 Å². The molecule has 17 heavy (non-hydrogen) atoms. The monoisotopic (exact) mass is 235 g/mol. The molecule has 0 spiro atoms. The summed E-state index contributed by atoms with van der Waals surface area (Å²) in [5.74, 6) is 0. The first kappa shape index (κ1) is 14.2. The fourth-order valence-electron chi connectivity index (χ4n) is 1.60. The van der Waals surface area contributed by atoms with Crippen LogP contribution in [0.1, 0.15) is 45.8 Å². The predicted molar refractivity (Wildman–Crippen MR) is 73.2 cm³/mol. The molecule has 0 radical (unpaired) electrons. The fraction of sp³-hybridized carbons (Fsp3) is 0.600. The maximum atomic E-state index is 5.91. The molecular formula is C15H25NO. The summed E-state index contributed by atoms with van der Waals surface area (Å²) in [4.78, 5) is 0. The van der Waals surface area contributed by atoms with Gasteiger partial charge in [0.25, 0.3) is 0 Å². The summed E-state index contributed by atoms with van der Waals surface area (Å²) in [6, 6.07) is 10.4. The van der Waals surface area contributed by atoms with Crippen molar-refractivity contribution in [3.63, 3.8) is 0 Å². The first-order chi connectivity index (χ1) is 8.03. The molecule has 1 rings (SSSR count). The van der Waals surface area contributed by atoms with E-state index in [9.17, 15) is 0 Å². The van der Waals surface area contributed by atoms with E-state index in [0.29, 0.717) is 0 Å². The molecule has 2 nitrogen and oxygen atoms in total. The Morgan fingerprint density at radius 3 is 2.35 bits per heavy atom. The molecule has 96 valence electrons. The molecule has 0 aliphatic rings. The summed E-state index contributed by atoms with van der Waals surface area (Å²) in [5, 5.41) is 3.50. The van der Waals surface area contributed by atoms with Crippen LogP contribution >= 0.6 is 0 Å². The van der Waals surface area contributed by atoms with Crippen molar-refractivity contribution in [3.8, 4) is 0 Å². The van der Waals surface area contributed by atoms with Gasteiger partial charge in [-0.1, -0.05) is 37.3 Å². The van der Waals surface area contributed by atoms with Gasteiger partial charge in [0, 0.05) is 18.7 Å². The summed E-state index contributed by atoms with van der Waals surface area (Å²) in [6.07, 6.45) is 1.20. The highest BCUT2D eigenvalue weighted by Crippen LogP contribution is 2.17. The first-order valence-electron chi connectivity index (χ1n) is 6.44. The standard InChI is InChI=1S/C15H25NO/c1-5-11-17-14(12-16-15(2,3)4)13-9-7-6-8-10-13/h6-10,14,16H,5,11-12H2,1-4H3. The summed E-state index contributed by atoms with van der Waals surface area (Å²) in [6.45, 7) is 10.3. The normalized spacial score (nSPS) is 13.6. The number of hydrogen-bond donors (Lipinski definition) is 1. The van der Waals surface area contributed by atoms with Gasteiger partial charge in [0.05, 0.1) is 6.10 Å². The molecule has 2 heteroatoms.